The Morgan fingerprint density at radius 2 is 1.82 bits per heavy atom. The summed E-state index contributed by atoms with van der Waals surface area (Å²) >= 11 is 12.4. The van der Waals surface area contributed by atoms with Gasteiger partial charge in [-0.2, -0.15) is 0 Å². The van der Waals surface area contributed by atoms with E-state index in [4.69, 9.17) is 32.9 Å². The molecule has 2 aromatic carbocycles. The number of carbonyl (C=O) groups excluding carboxylic acids is 2. The van der Waals surface area contributed by atoms with Gasteiger partial charge in [0.05, 0.1) is 28.6 Å². The lowest BCUT2D eigenvalue weighted by Crippen LogP contribution is -2.47. The molecule has 1 saturated heterocycles. The SMILES string of the molecule is COC(=O)[C@@H](CC(=O)c1c(Cl)cccc1Cl)Cc1ccc(N2CC(Cc3ccc4c(n3)NCCC4)C2)cc1. The van der Waals surface area contributed by atoms with Crippen molar-refractivity contribution in [3.8, 4) is 0 Å². The molecule has 1 N–H and O–H groups in total. The lowest BCUT2D eigenvalue weighted by atomic mass is 9.91. The number of halogens is 2. The van der Waals surface area contributed by atoms with Crippen LogP contribution in [0.3, 0.4) is 0 Å². The Morgan fingerprint density at radius 3 is 2.53 bits per heavy atom. The summed E-state index contributed by atoms with van der Waals surface area (Å²) in [5.74, 6) is 0.306. The predicted octanol–water partition coefficient (Wildman–Crippen LogP) is 6.03. The number of nitrogens with zero attached hydrogens (tertiary/aromatic N) is 2. The summed E-state index contributed by atoms with van der Waals surface area (Å²) in [6.07, 6.45) is 3.62. The van der Waals surface area contributed by atoms with Gasteiger partial charge in [0.15, 0.2) is 5.78 Å². The summed E-state index contributed by atoms with van der Waals surface area (Å²) in [6.45, 7) is 2.98. The Kier molecular flexibility index (Phi) is 8.20. The monoisotopic (exact) mass is 551 g/mol. The Morgan fingerprint density at radius 1 is 1.08 bits per heavy atom. The highest BCUT2D eigenvalue weighted by molar-refractivity contribution is 6.39. The van der Waals surface area contributed by atoms with Gasteiger partial charge in [-0.05, 0) is 73.1 Å². The fourth-order valence-corrected chi connectivity index (χ4v) is 5.92. The second-order valence-electron chi connectivity index (χ2n) is 10.1. The number of aryl methyl sites for hydroxylation is 1. The smallest absolute Gasteiger partial charge is 0.309 e. The van der Waals surface area contributed by atoms with E-state index in [0.29, 0.717) is 12.3 Å². The normalized spacial score (nSPS) is 15.7. The molecule has 2 aliphatic heterocycles. The molecule has 2 aliphatic rings. The molecule has 0 unspecified atom stereocenters. The van der Waals surface area contributed by atoms with Crippen molar-refractivity contribution in [3.63, 3.8) is 0 Å². The van der Waals surface area contributed by atoms with E-state index in [9.17, 15) is 9.59 Å². The minimum atomic E-state index is -0.627. The van der Waals surface area contributed by atoms with Crippen LogP contribution < -0.4 is 10.2 Å². The number of carbonyl (C=O) groups is 2. The quantitative estimate of drug-likeness (QED) is 0.258. The summed E-state index contributed by atoms with van der Waals surface area (Å²) in [7, 11) is 1.34. The first-order chi connectivity index (χ1) is 18.4. The van der Waals surface area contributed by atoms with Gasteiger partial charge in [0, 0.05) is 37.4 Å². The van der Waals surface area contributed by atoms with E-state index < -0.39 is 11.9 Å². The average Bonchev–Trinajstić information content (AvgIpc) is 2.90. The van der Waals surface area contributed by atoms with Crippen LogP contribution >= 0.6 is 23.2 Å². The number of anilines is 2. The van der Waals surface area contributed by atoms with Gasteiger partial charge in [-0.15, -0.1) is 0 Å². The molecule has 3 heterocycles. The molecule has 0 bridgehead atoms. The van der Waals surface area contributed by atoms with E-state index in [1.807, 2.05) is 12.1 Å². The minimum absolute atomic E-state index is 0.0298. The summed E-state index contributed by atoms with van der Waals surface area (Å²) in [5.41, 5.74) is 4.83. The molecule has 8 heteroatoms. The molecule has 0 radical (unpaired) electrons. The third-order valence-electron chi connectivity index (χ3n) is 7.40. The highest BCUT2D eigenvalue weighted by atomic mass is 35.5. The molecule has 1 fully saturated rings. The number of hydrogen-bond donors (Lipinski definition) is 1. The van der Waals surface area contributed by atoms with Crippen molar-refractivity contribution in [1.82, 2.24) is 4.98 Å². The van der Waals surface area contributed by atoms with Gasteiger partial charge in [0.25, 0.3) is 0 Å². The number of ketones is 1. The van der Waals surface area contributed by atoms with Gasteiger partial charge in [0.2, 0.25) is 0 Å². The van der Waals surface area contributed by atoms with E-state index in [2.05, 4.69) is 34.5 Å². The lowest BCUT2D eigenvalue weighted by molar-refractivity contribution is -0.145. The number of methoxy groups -OCH3 is 1. The average molecular weight is 553 g/mol. The van der Waals surface area contributed by atoms with E-state index in [1.54, 1.807) is 18.2 Å². The first kappa shape index (κ1) is 26.5. The molecule has 0 aliphatic carbocycles. The maximum Gasteiger partial charge on any atom is 0.309 e. The number of fused-ring (bicyclic) bond motifs is 1. The number of benzene rings is 2. The second-order valence-corrected chi connectivity index (χ2v) is 10.9. The van der Waals surface area contributed by atoms with Gasteiger partial charge in [-0.3, -0.25) is 9.59 Å². The zero-order valence-electron chi connectivity index (χ0n) is 21.4. The van der Waals surface area contributed by atoms with Crippen LogP contribution in [0, 0.1) is 11.8 Å². The van der Waals surface area contributed by atoms with E-state index >= 15 is 0 Å². The lowest BCUT2D eigenvalue weighted by Gasteiger charge is -2.41. The van der Waals surface area contributed by atoms with E-state index in [-0.39, 0.29) is 27.8 Å². The first-order valence-electron chi connectivity index (χ1n) is 13.0. The number of Topliss-reactive ketones (excluding diaryl/α,β-unsaturated/α-hetero) is 1. The molecular formula is C30H31Cl2N3O3. The third kappa shape index (κ3) is 5.97. The molecule has 0 spiro atoms. The number of hydrogen-bond acceptors (Lipinski definition) is 6. The van der Waals surface area contributed by atoms with Crippen LogP contribution in [-0.4, -0.2) is 43.5 Å². The zero-order chi connectivity index (χ0) is 26.6. The number of esters is 1. The summed E-state index contributed by atoms with van der Waals surface area (Å²) in [4.78, 5) is 32.6. The maximum atomic E-state index is 12.9. The van der Waals surface area contributed by atoms with Crippen molar-refractivity contribution in [2.24, 2.45) is 11.8 Å². The van der Waals surface area contributed by atoms with Crippen LogP contribution in [0.2, 0.25) is 10.0 Å². The van der Waals surface area contributed by atoms with Crippen LogP contribution in [0.5, 0.6) is 0 Å². The highest BCUT2D eigenvalue weighted by Gasteiger charge is 2.29. The van der Waals surface area contributed by atoms with E-state index in [0.717, 1.165) is 55.2 Å². The highest BCUT2D eigenvalue weighted by Crippen LogP contribution is 2.30. The fraction of sp³-hybridized carbons (Fsp3) is 0.367. The summed E-state index contributed by atoms with van der Waals surface area (Å²) < 4.78 is 4.99. The number of aromatic nitrogens is 1. The first-order valence-corrected chi connectivity index (χ1v) is 13.8. The molecule has 0 amide bonds. The molecule has 5 rings (SSSR count). The Balaban J connectivity index is 1.17. The van der Waals surface area contributed by atoms with Crippen molar-refractivity contribution in [1.29, 1.82) is 0 Å². The van der Waals surface area contributed by atoms with Crippen molar-refractivity contribution in [2.75, 3.05) is 37.0 Å². The summed E-state index contributed by atoms with van der Waals surface area (Å²) in [5, 5.41) is 3.98. The molecule has 0 saturated carbocycles. The van der Waals surface area contributed by atoms with Gasteiger partial charge >= 0.3 is 5.97 Å². The van der Waals surface area contributed by atoms with Crippen LogP contribution in [0.25, 0.3) is 0 Å². The summed E-state index contributed by atoms with van der Waals surface area (Å²) in [6, 6.07) is 17.5. The number of nitrogens with one attached hydrogen (secondary N) is 1. The number of pyridine rings is 1. The van der Waals surface area contributed by atoms with Crippen LogP contribution in [0.1, 0.15) is 40.0 Å². The number of rotatable bonds is 9. The molecule has 6 nitrogen and oxygen atoms in total. The Bertz CT molecular complexity index is 1300. The fourth-order valence-electron chi connectivity index (χ4n) is 5.31. The standard InChI is InChI=1S/C30H31Cl2N3O3/c1-38-30(37)22(16-27(36)28-25(31)5-2-6-26(28)32)14-19-7-11-24(12-8-19)35-17-20(18-35)15-23-10-9-21-4-3-13-33-29(21)34-23/h2,5-12,20,22H,3-4,13-18H2,1H3,(H,33,34)/t22-/m1/s1. The molecule has 1 atom stereocenters. The Labute approximate surface area is 233 Å². The van der Waals surface area contributed by atoms with Crippen molar-refractivity contribution in [3.05, 3.63) is 87.0 Å². The molecule has 38 heavy (non-hydrogen) atoms. The minimum Gasteiger partial charge on any atom is -0.469 e. The molecule has 1 aromatic heterocycles. The maximum absolute atomic E-state index is 12.9. The van der Waals surface area contributed by atoms with Gasteiger partial charge in [0.1, 0.15) is 5.82 Å². The van der Waals surface area contributed by atoms with Crippen LogP contribution in [0.4, 0.5) is 11.5 Å². The molecular weight excluding hydrogens is 521 g/mol. The van der Waals surface area contributed by atoms with Gasteiger partial charge in [-0.1, -0.05) is 47.5 Å². The van der Waals surface area contributed by atoms with Gasteiger partial charge < -0.3 is 15.0 Å². The van der Waals surface area contributed by atoms with Crippen molar-refractivity contribution >= 4 is 46.5 Å². The largest absolute Gasteiger partial charge is 0.469 e. The molecule has 198 valence electrons. The van der Waals surface area contributed by atoms with Crippen LogP contribution in [-0.2, 0) is 28.8 Å². The number of ether oxygens (including phenoxy) is 1. The predicted molar refractivity (Wildman–Crippen MR) is 152 cm³/mol. The zero-order valence-corrected chi connectivity index (χ0v) is 22.9. The Hall–Kier alpha value is -3.09. The van der Waals surface area contributed by atoms with Crippen molar-refractivity contribution < 1.29 is 14.3 Å². The van der Waals surface area contributed by atoms with Crippen LogP contribution in [0.15, 0.2) is 54.6 Å². The van der Waals surface area contributed by atoms with E-state index in [1.165, 1.54) is 19.1 Å². The third-order valence-corrected chi connectivity index (χ3v) is 8.03. The van der Waals surface area contributed by atoms with Crippen molar-refractivity contribution in [2.45, 2.75) is 32.1 Å². The topological polar surface area (TPSA) is 71.5 Å². The van der Waals surface area contributed by atoms with Gasteiger partial charge in [-0.25, -0.2) is 4.98 Å². The molecule has 3 aromatic rings. The second kappa shape index (κ2) is 11.7.